The molecule has 2 N–H and O–H groups in total. The highest BCUT2D eigenvalue weighted by atomic mass is 19.1. The Kier molecular flexibility index (Phi) is 6.08. The van der Waals surface area contributed by atoms with E-state index in [4.69, 9.17) is 4.74 Å². The fourth-order valence-corrected chi connectivity index (χ4v) is 2.64. The number of morpholine rings is 1. The smallest absolute Gasteiger partial charge is 0.269 e. The molecule has 0 bridgehead atoms. The number of para-hydroxylation sites is 1. The SMILES string of the molecule is O=C(NCCN1CCOCC1)c1cc(Nc2c(F)cccc2F)ccn1. The van der Waals surface area contributed by atoms with Crippen molar-refractivity contribution < 1.29 is 18.3 Å². The number of aromatic nitrogens is 1. The molecule has 0 saturated carbocycles. The summed E-state index contributed by atoms with van der Waals surface area (Å²) in [6.07, 6.45) is 1.41. The average molecular weight is 362 g/mol. The van der Waals surface area contributed by atoms with E-state index in [-0.39, 0.29) is 17.3 Å². The fraction of sp³-hybridized carbons (Fsp3) is 0.333. The van der Waals surface area contributed by atoms with Gasteiger partial charge in [-0.05, 0) is 24.3 Å². The third-order valence-corrected chi connectivity index (χ3v) is 4.04. The standard InChI is InChI=1S/C18H20F2N4O2/c19-14-2-1-3-15(20)17(14)23-13-4-5-21-16(12-13)18(25)22-6-7-24-8-10-26-11-9-24/h1-5,12H,6-11H2,(H,21,23)(H,22,25). The third-order valence-electron chi connectivity index (χ3n) is 4.04. The average Bonchev–Trinajstić information content (AvgIpc) is 2.66. The zero-order chi connectivity index (χ0) is 18.4. The number of rotatable bonds is 6. The van der Waals surface area contributed by atoms with Gasteiger partial charge in [0, 0.05) is 38.1 Å². The lowest BCUT2D eigenvalue weighted by Crippen LogP contribution is -2.41. The molecule has 1 amide bonds. The Hall–Kier alpha value is -2.58. The predicted octanol–water partition coefficient (Wildman–Crippen LogP) is 2.17. The van der Waals surface area contributed by atoms with Gasteiger partial charge in [0.25, 0.3) is 5.91 Å². The number of carbonyl (C=O) groups is 1. The van der Waals surface area contributed by atoms with Crippen LogP contribution >= 0.6 is 0 Å². The number of ether oxygens (including phenoxy) is 1. The van der Waals surface area contributed by atoms with Crippen molar-refractivity contribution in [3.63, 3.8) is 0 Å². The number of halogens is 2. The molecule has 1 aromatic heterocycles. The van der Waals surface area contributed by atoms with Crippen molar-refractivity contribution in [2.24, 2.45) is 0 Å². The first-order chi connectivity index (χ1) is 12.6. The number of carbonyl (C=O) groups excluding carboxylic acids is 1. The van der Waals surface area contributed by atoms with E-state index >= 15 is 0 Å². The molecular weight excluding hydrogens is 342 g/mol. The summed E-state index contributed by atoms with van der Waals surface area (Å²) < 4.78 is 32.7. The molecular formula is C18H20F2N4O2. The monoisotopic (exact) mass is 362 g/mol. The van der Waals surface area contributed by atoms with Crippen LogP contribution in [-0.2, 0) is 4.74 Å². The Morgan fingerprint density at radius 2 is 1.92 bits per heavy atom. The molecule has 26 heavy (non-hydrogen) atoms. The van der Waals surface area contributed by atoms with Crippen molar-refractivity contribution in [2.75, 3.05) is 44.7 Å². The highest BCUT2D eigenvalue weighted by Crippen LogP contribution is 2.23. The summed E-state index contributed by atoms with van der Waals surface area (Å²) in [5.74, 6) is -1.76. The van der Waals surface area contributed by atoms with Crippen LogP contribution in [0.2, 0.25) is 0 Å². The van der Waals surface area contributed by atoms with Crippen LogP contribution in [-0.4, -0.2) is 55.2 Å². The summed E-state index contributed by atoms with van der Waals surface area (Å²) in [7, 11) is 0. The van der Waals surface area contributed by atoms with E-state index in [0.29, 0.717) is 25.4 Å². The van der Waals surface area contributed by atoms with Crippen LogP contribution in [0.5, 0.6) is 0 Å². The van der Waals surface area contributed by atoms with Crippen LogP contribution in [0, 0.1) is 11.6 Å². The molecule has 2 aromatic rings. The van der Waals surface area contributed by atoms with Crippen LogP contribution in [0.15, 0.2) is 36.5 Å². The molecule has 0 spiro atoms. The maximum Gasteiger partial charge on any atom is 0.269 e. The van der Waals surface area contributed by atoms with Crippen LogP contribution in [0.25, 0.3) is 0 Å². The Morgan fingerprint density at radius 1 is 1.19 bits per heavy atom. The van der Waals surface area contributed by atoms with Gasteiger partial charge >= 0.3 is 0 Å². The first-order valence-electron chi connectivity index (χ1n) is 8.39. The maximum absolute atomic E-state index is 13.7. The molecule has 0 atom stereocenters. The van der Waals surface area contributed by atoms with Crippen molar-refractivity contribution >= 4 is 17.3 Å². The minimum absolute atomic E-state index is 0.175. The molecule has 0 unspecified atom stereocenters. The van der Waals surface area contributed by atoms with Gasteiger partial charge in [0.1, 0.15) is 23.0 Å². The van der Waals surface area contributed by atoms with Crippen LogP contribution in [0.4, 0.5) is 20.2 Å². The molecule has 8 heteroatoms. The number of nitrogens with zero attached hydrogens (tertiary/aromatic N) is 2. The molecule has 1 saturated heterocycles. The number of amides is 1. The van der Waals surface area contributed by atoms with E-state index in [0.717, 1.165) is 31.8 Å². The lowest BCUT2D eigenvalue weighted by molar-refractivity contribution is 0.0383. The van der Waals surface area contributed by atoms with E-state index in [1.165, 1.54) is 24.4 Å². The number of benzene rings is 1. The predicted molar refractivity (Wildman–Crippen MR) is 93.5 cm³/mol. The Balaban J connectivity index is 1.58. The minimum Gasteiger partial charge on any atom is -0.379 e. The number of hydrogen-bond donors (Lipinski definition) is 2. The van der Waals surface area contributed by atoms with Gasteiger partial charge in [0.05, 0.1) is 13.2 Å². The molecule has 6 nitrogen and oxygen atoms in total. The summed E-state index contributed by atoms with van der Waals surface area (Å²) in [5, 5.41) is 5.45. The van der Waals surface area contributed by atoms with Gasteiger partial charge in [-0.15, -0.1) is 0 Å². The quantitative estimate of drug-likeness (QED) is 0.824. The number of nitrogens with one attached hydrogen (secondary N) is 2. The van der Waals surface area contributed by atoms with Crippen molar-refractivity contribution in [1.29, 1.82) is 0 Å². The number of anilines is 2. The van der Waals surface area contributed by atoms with Crippen molar-refractivity contribution in [3.05, 3.63) is 53.9 Å². The topological polar surface area (TPSA) is 66.5 Å². The molecule has 0 aliphatic carbocycles. The zero-order valence-electron chi connectivity index (χ0n) is 14.2. The summed E-state index contributed by atoms with van der Waals surface area (Å²) >= 11 is 0. The third kappa shape index (κ3) is 4.74. The summed E-state index contributed by atoms with van der Waals surface area (Å²) in [6, 6.07) is 6.60. The van der Waals surface area contributed by atoms with Gasteiger partial charge in [-0.25, -0.2) is 8.78 Å². The number of hydrogen-bond acceptors (Lipinski definition) is 5. The van der Waals surface area contributed by atoms with Gasteiger partial charge in [-0.1, -0.05) is 6.07 Å². The molecule has 138 valence electrons. The normalized spacial score (nSPS) is 14.8. The van der Waals surface area contributed by atoms with Gasteiger partial charge in [-0.2, -0.15) is 0 Å². The molecule has 0 radical (unpaired) electrons. The largest absolute Gasteiger partial charge is 0.379 e. The van der Waals surface area contributed by atoms with E-state index in [1.54, 1.807) is 0 Å². The lowest BCUT2D eigenvalue weighted by atomic mass is 10.2. The second kappa shape index (κ2) is 8.68. The van der Waals surface area contributed by atoms with Crippen molar-refractivity contribution in [1.82, 2.24) is 15.2 Å². The summed E-state index contributed by atoms with van der Waals surface area (Å²) in [5.41, 5.74) is 0.286. The second-order valence-electron chi connectivity index (χ2n) is 5.86. The molecule has 1 aromatic carbocycles. The van der Waals surface area contributed by atoms with Gasteiger partial charge in [0.2, 0.25) is 0 Å². The van der Waals surface area contributed by atoms with Gasteiger partial charge in [0.15, 0.2) is 0 Å². The molecule has 1 aliphatic heterocycles. The van der Waals surface area contributed by atoms with Crippen molar-refractivity contribution in [2.45, 2.75) is 0 Å². The van der Waals surface area contributed by atoms with Crippen LogP contribution in [0.3, 0.4) is 0 Å². The van der Waals surface area contributed by atoms with Crippen LogP contribution in [0.1, 0.15) is 10.5 Å². The van der Waals surface area contributed by atoms with Gasteiger partial charge < -0.3 is 15.4 Å². The summed E-state index contributed by atoms with van der Waals surface area (Å²) in [6.45, 7) is 4.32. The lowest BCUT2D eigenvalue weighted by Gasteiger charge is -2.26. The van der Waals surface area contributed by atoms with E-state index in [9.17, 15) is 13.6 Å². The molecule has 1 fully saturated rings. The highest BCUT2D eigenvalue weighted by Gasteiger charge is 2.13. The number of pyridine rings is 1. The Labute approximate surface area is 150 Å². The first-order valence-corrected chi connectivity index (χ1v) is 8.39. The minimum atomic E-state index is -0.710. The Bertz CT molecular complexity index is 746. The summed E-state index contributed by atoms with van der Waals surface area (Å²) in [4.78, 5) is 18.5. The highest BCUT2D eigenvalue weighted by molar-refractivity contribution is 5.93. The van der Waals surface area contributed by atoms with Crippen LogP contribution < -0.4 is 10.6 Å². The van der Waals surface area contributed by atoms with E-state index in [1.807, 2.05) is 0 Å². The van der Waals surface area contributed by atoms with E-state index < -0.39 is 11.6 Å². The maximum atomic E-state index is 13.7. The van der Waals surface area contributed by atoms with Crippen molar-refractivity contribution in [3.8, 4) is 0 Å². The first kappa shape index (κ1) is 18.2. The Morgan fingerprint density at radius 3 is 2.65 bits per heavy atom. The van der Waals surface area contributed by atoms with E-state index in [2.05, 4.69) is 20.5 Å². The zero-order valence-corrected chi connectivity index (χ0v) is 14.2. The molecule has 2 heterocycles. The molecule has 1 aliphatic rings. The van der Waals surface area contributed by atoms with Gasteiger partial charge in [-0.3, -0.25) is 14.7 Å². The second-order valence-corrected chi connectivity index (χ2v) is 5.86. The molecule has 3 rings (SSSR count). The fourth-order valence-electron chi connectivity index (χ4n) is 2.64.